The molecule has 3 rings (SSSR count). The summed E-state index contributed by atoms with van der Waals surface area (Å²) >= 11 is 0. The Kier molecular flexibility index (Phi) is 7.46. The molecule has 0 unspecified atom stereocenters. The highest BCUT2D eigenvalue weighted by molar-refractivity contribution is 6.00. The largest absolute Gasteiger partial charge is 0.483 e. The lowest BCUT2D eigenvalue weighted by Crippen LogP contribution is -2.31. The highest BCUT2D eigenvalue weighted by Gasteiger charge is 2.15. The average Bonchev–Trinajstić information content (AvgIpc) is 3.13. The molecule has 8 heteroatoms. The summed E-state index contributed by atoms with van der Waals surface area (Å²) in [5, 5.41) is 19.1. The number of carbonyl (C=O) groups is 2. The highest BCUT2D eigenvalue weighted by Crippen LogP contribution is 2.24. The Labute approximate surface area is 169 Å². The van der Waals surface area contributed by atoms with E-state index in [9.17, 15) is 10.1 Å². The second-order valence-corrected chi connectivity index (χ2v) is 6.57. The van der Waals surface area contributed by atoms with Gasteiger partial charge in [0.05, 0.1) is 29.1 Å². The zero-order valence-electron chi connectivity index (χ0n) is 16.6. The number of rotatable bonds is 5. The van der Waals surface area contributed by atoms with Crippen molar-refractivity contribution in [3.8, 4) is 17.3 Å². The maximum Gasteiger partial charge on any atom is 0.290 e. The van der Waals surface area contributed by atoms with Crippen LogP contribution in [-0.2, 0) is 4.79 Å². The van der Waals surface area contributed by atoms with Crippen LogP contribution in [0, 0.1) is 18.3 Å². The van der Waals surface area contributed by atoms with E-state index in [1.807, 2.05) is 60.8 Å². The molecular formula is C21H23N5O3. The number of amides is 1. The van der Waals surface area contributed by atoms with Crippen molar-refractivity contribution in [2.75, 3.05) is 27.2 Å². The van der Waals surface area contributed by atoms with Gasteiger partial charge in [0.15, 0.2) is 0 Å². The fraction of sp³-hybridized carbons (Fsp3) is 0.238. The first-order chi connectivity index (χ1) is 13.9. The number of pyridine rings is 1. The van der Waals surface area contributed by atoms with Gasteiger partial charge < -0.3 is 15.3 Å². The summed E-state index contributed by atoms with van der Waals surface area (Å²) < 4.78 is 1.88. The molecule has 0 spiro atoms. The van der Waals surface area contributed by atoms with Crippen LogP contribution in [0.15, 0.2) is 42.7 Å². The molecule has 150 valence electrons. The van der Waals surface area contributed by atoms with Gasteiger partial charge >= 0.3 is 0 Å². The summed E-state index contributed by atoms with van der Waals surface area (Å²) in [6.45, 7) is 3.01. The molecule has 29 heavy (non-hydrogen) atoms. The van der Waals surface area contributed by atoms with Crippen LogP contribution in [0.1, 0.15) is 21.5 Å². The van der Waals surface area contributed by atoms with E-state index in [4.69, 9.17) is 9.90 Å². The van der Waals surface area contributed by atoms with Gasteiger partial charge in [-0.05, 0) is 44.8 Å². The van der Waals surface area contributed by atoms with Gasteiger partial charge in [0, 0.05) is 24.8 Å². The molecule has 8 nitrogen and oxygen atoms in total. The Morgan fingerprint density at radius 1 is 1.38 bits per heavy atom. The monoisotopic (exact) mass is 393 g/mol. The Hall–Kier alpha value is -3.70. The number of nitriles is 1. The van der Waals surface area contributed by atoms with Crippen LogP contribution in [0.4, 0.5) is 0 Å². The predicted octanol–water partition coefficient (Wildman–Crippen LogP) is 2.17. The molecule has 2 aromatic heterocycles. The lowest BCUT2D eigenvalue weighted by molar-refractivity contribution is -0.122. The van der Waals surface area contributed by atoms with Gasteiger partial charge in [-0.25, -0.2) is 4.98 Å². The number of fused-ring (bicyclic) bond motifs is 1. The van der Waals surface area contributed by atoms with E-state index in [1.165, 1.54) is 0 Å². The molecule has 1 amide bonds. The van der Waals surface area contributed by atoms with E-state index < -0.39 is 0 Å². The standard InChI is InChI=1S/C20H21N5O.CH2O2/c1-14-6-7-15(11-16(14)12-21)18-13-23-19-17(5-4-9-25(18)19)20(26)22-8-10-24(2)3;2-1-3/h4-7,9,11,13H,8,10H2,1-3H3,(H,22,26);1H,(H,2,3). The van der Waals surface area contributed by atoms with E-state index >= 15 is 0 Å². The Morgan fingerprint density at radius 3 is 2.76 bits per heavy atom. The molecular weight excluding hydrogens is 370 g/mol. The minimum absolute atomic E-state index is 0.142. The first kappa shape index (κ1) is 21.6. The summed E-state index contributed by atoms with van der Waals surface area (Å²) in [6, 6.07) is 11.5. The van der Waals surface area contributed by atoms with Crippen LogP contribution in [-0.4, -0.2) is 59.0 Å². The summed E-state index contributed by atoms with van der Waals surface area (Å²) in [6.07, 6.45) is 3.61. The summed E-state index contributed by atoms with van der Waals surface area (Å²) in [7, 11) is 3.93. The van der Waals surface area contributed by atoms with Gasteiger partial charge in [-0.1, -0.05) is 12.1 Å². The number of aromatic nitrogens is 2. The maximum absolute atomic E-state index is 12.5. The minimum atomic E-state index is -0.250. The Balaban J connectivity index is 0.000000941. The van der Waals surface area contributed by atoms with Gasteiger partial charge in [-0.3, -0.25) is 14.0 Å². The van der Waals surface area contributed by atoms with Gasteiger partial charge in [-0.2, -0.15) is 5.26 Å². The second-order valence-electron chi connectivity index (χ2n) is 6.57. The number of carboxylic acid groups (broad SMARTS) is 1. The lowest BCUT2D eigenvalue weighted by atomic mass is 10.0. The van der Waals surface area contributed by atoms with Gasteiger partial charge in [0.2, 0.25) is 0 Å². The predicted molar refractivity (Wildman–Crippen MR) is 110 cm³/mol. The Bertz CT molecular complexity index is 1050. The number of aryl methyl sites for hydroxylation is 1. The van der Waals surface area contributed by atoms with Crippen molar-refractivity contribution in [1.29, 1.82) is 5.26 Å². The number of likely N-dealkylation sites (N-methyl/N-ethyl adjacent to an activating group) is 1. The quantitative estimate of drug-likeness (QED) is 0.643. The van der Waals surface area contributed by atoms with E-state index in [-0.39, 0.29) is 12.4 Å². The van der Waals surface area contributed by atoms with Crippen LogP contribution >= 0.6 is 0 Å². The number of benzene rings is 1. The topological polar surface area (TPSA) is 111 Å². The molecule has 1 aromatic carbocycles. The SMILES string of the molecule is Cc1ccc(-c2cnc3c(C(=O)NCCN(C)C)cccn23)cc1C#N.O=CO. The van der Waals surface area contributed by atoms with E-state index in [0.29, 0.717) is 23.3 Å². The number of carbonyl (C=O) groups excluding carboxylic acids is 1. The number of nitrogens with zero attached hydrogens (tertiary/aromatic N) is 4. The number of nitrogens with one attached hydrogen (secondary N) is 1. The molecule has 0 bridgehead atoms. The summed E-state index contributed by atoms with van der Waals surface area (Å²) in [5.74, 6) is -0.142. The zero-order valence-corrected chi connectivity index (χ0v) is 16.6. The van der Waals surface area contributed by atoms with Crippen molar-refractivity contribution in [1.82, 2.24) is 19.6 Å². The number of hydrogen-bond acceptors (Lipinski definition) is 5. The van der Waals surface area contributed by atoms with Crippen molar-refractivity contribution in [3.05, 3.63) is 59.4 Å². The minimum Gasteiger partial charge on any atom is -0.483 e. The van der Waals surface area contributed by atoms with Crippen molar-refractivity contribution < 1.29 is 14.7 Å². The van der Waals surface area contributed by atoms with Crippen molar-refractivity contribution in [3.63, 3.8) is 0 Å². The average molecular weight is 393 g/mol. The molecule has 0 aliphatic carbocycles. The third kappa shape index (κ3) is 5.18. The Morgan fingerprint density at radius 2 is 2.10 bits per heavy atom. The first-order valence-corrected chi connectivity index (χ1v) is 8.91. The van der Waals surface area contributed by atoms with E-state index in [1.54, 1.807) is 12.3 Å². The normalized spacial score (nSPS) is 10.2. The third-order valence-electron chi connectivity index (χ3n) is 4.28. The van der Waals surface area contributed by atoms with Gasteiger partial charge in [0.25, 0.3) is 12.4 Å². The second kappa shape index (κ2) is 10.0. The molecule has 0 aliphatic rings. The van der Waals surface area contributed by atoms with Crippen molar-refractivity contribution in [2.45, 2.75) is 6.92 Å². The van der Waals surface area contributed by atoms with E-state index in [0.717, 1.165) is 23.4 Å². The van der Waals surface area contributed by atoms with Crippen LogP contribution in [0.25, 0.3) is 16.9 Å². The molecule has 0 radical (unpaired) electrons. The van der Waals surface area contributed by atoms with Crippen LogP contribution < -0.4 is 5.32 Å². The molecule has 0 saturated heterocycles. The number of hydrogen-bond donors (Lipinski definition) is 2. The van der Waals surface area contributed by atoms with E-state index in [2.05, 4.69) is 16.4 Å². The summed E-state index contributed by atoms with van der Waals surface area (Å²) in [5.41, 5.74) is 4.44. The molecule has 2 heterocycles. The number of imidazole rings is 1. The van der Waals surface area contributed by atoms with Crippen LogP contribution in [0.3, 0.4) is 0 Å². The highest BCUT2D eigenvalue weighted by atomic mass is 16.3. The third-order valence-corrected chi connectivity index (χ3v) is 4.28. The zero-order chi connectivity index (χ0) is 21.4. The fourth-order valence-electron chi connectivity index (χ4n) is 2.79. The fourth-order valence-corrected chi connectivity index (χ4v) is 2.79. The maximum atomic E-state index is 12.5. The molecule has 0 aliphatic heterocycles. The van der Waals surface area contributed by atoms with Gasteiger partial charge in [0.1, 0.15) is 5.65 Å². The lowest BCUT2D eigenvalue weighted by Gasteiger charge is -2.11. The van der Waals surface area contributed by atoms with Gasteiger partial charge in [-0.15, -0.1) is 0 Å². The smallest absolute Gasteiger partial charge is 0.290 e. The molecule has 2 N–H and O–H groups in total. The van der Waals surface area contributed by atoms with Crippen molar-refractivity contribution >= 4 is 18.0 Å². The van der Waals surface area contributed by atoms with Crippen LogP contribution in [0.5, 0.6) is 0 Å². The van der Waals surface area contributed by atoms with Crippen LogP contribution in [0.2, 0.25) is 0 Å². The molecule has 3 aromatic rings. The molecule has 0 atom stereocenters. The van der Waals surface area contributed by atoms with Crippen molar-refractivity contribution in [2.24, 2.45) is 0 Å². The molecule has 0 fully saturated rings. The first-order valence-electron chi connectivity index (χ1n) is 8.91. The summed E-state index contributed by atoms with van der Waals surface area (Å²) in [4.78, 5) is 27.3. The molecule has 0 saturated carbocycles.